The van der Waals surface area contributed by atoms with Crippen LogP contribution in [0.25, 0.3) is 0 Å². The Labute approximate surface area is 137 Å². The number of nitrogens with zero attached hydrogens (tertiary/aromatic N) is 3. The highest BCUT2D eigenvalue weighted by Gasteiger charge is 2.45. The van der Waals surface area contributed by atoms with Crippen LogP contribution in [0.5, 0.6) is 0 Å². The van der Waals surface area contributed by atoms with Crippen LogP contribution in [0.4, 0.5) is 5.69 Å². The third kappa shape index (κ3) is 3.12. The largest absolute Gasteiger partial charge is 0.380 e. The number of imidazole rings is 1. The van der Waals surface area contributed by atoms with Gasteiger partial charge in [-0.05, 0) is 18.6 Å². The number of hydrogen-bond donors (Lipinski definition) is 1. The Kier molecular flexibility index (Phi) is 3.83. The first kappa shape index (κ1) is 14.7. The maximum atomic E-state index is 6.23. The molecule has 4 rings (SSSR count). The maximum absolute atomic E-state index is 6.23. The van der Waals surface area contributed by atoms with Gasteiger partial charge in [0.1, 0.15) is 5.82 Å². The highest BCUT2D eigenvalue weighted by Crippen LogP contribution is 2.36. The van der Waals surface area contributed by atoms with Gasteiger partial charge in [0, 0.05) is 44.6 Å². The van der Waals surface area contributed by atoms with Crippen LogP contribution in [0, 0.1) is 0 Å². The minimum Gasteiger partial charge on any atom is -0.380 e. The van der Waals surface area contributed by atoms with Crippen molar-refractivity contribution in [1.29, 1.82) is 0 Å². The number of hydrogen-bond acceptors (Lipinski definition) is 4. The van der Waals surface area contributed by atoms with E-state index in [9.17, 15) is 0 Å². The molecule has 0 aliphatic carbocycles. The number of aromatic nitrogens is 2. The van der Waals surface area contributed by atoms with Gasteiger partial charge in [-0.25, -0.2) is 4.98 Å². The van der Waals surface area contributed by atoms with Gasteiger partial charge in [-0.2, -0.15) is 0 Å². The zero-order valence-electron chi connectivity index (χ0n) is 13.6. The lowest BCUT2D eigenvalue weighted by Gasteiger charge is -2.23. The van der Waals surface area contributed by atoms with Gasteiger partial charge < -0.3 is 14.6 Å². The molecule has 0 amide bonds. The summed E-state index contributed by atoms with van der Waals surface area (Å²) in [6, 6.07) is 10.8. The molecule has 0 bridgehead atoms. The molecule has 1 spiro atoms. The van der Waals surface area contributed by atoms with Crippen LogP contribution in [0.15, 0.2) is 42.7 Å². The van der Waals surface area contributed by atoms with Gasteiger partial charge in [-0.1, -0.05) is 18.2 Å². The van der Waals surface area contributed by atoms with Crippen molar-refractivity contribution < 1.29 is 4.74 Å². The van der Waals surface area contributed by atoms with Gasteiger partial charge in [-0.15, -0.1) is 0 Å². The summed E-state index contributed by atoms with van der Waals surface area (Å²) in [6.07, 6.45) is 6.07. The van der Waals surface area contributed by atoms with Crippen LogP contribution in [0.1, 0.15) is 18.7 Å². The van der Waals surface area contributed by atoms with E-state index < -0.39 is 0 Å². The summed E-state index contributed by atoms with van der Waals surface area (Å²) in [5.41, 5.74) is 1.21. The lowest BCUT2D eigenvalue weighted by Crippen LogP contribution is -2.33. The van der Waals surface area contributed by atoms with Crippen LogP contribution in [-0.2, 0) is 18.3 Å². The van der Waals surface area contributed by atoms with E-state index in [2.05, 4.69) is 51.1 Å². The van der Waals surface area contributed by atoms with E-state index >= 15 is 0 Å². The lowest BCUT2D eigenvalue weighted by atomic mass is 9.97. The van der Waals surface area contributed by atoms with E-state index in [4.69, 9.17) is 4.74 Å². The second-order valence-corrected chi connectivity index (χ2v) is 6.82. The van der Waals surface area contributed by atoms with Crippen LogP contribution >= 0.6 is 0 Å². The molecule has 23 heavy (non-hydrogen) atoms. The van der Waals surface area contributed by atoms with Gasteiger partial charge in [0.05, 0.1) is 24.8 Å². The topological polar surface area (TPSA) is 42.3 Å². The molecule has 0 radical (unpaired) electrons. The molecule has 2 unspecified atom stereocenters. The number of anilines is 1. The predicted octanol–water partition coefficient (Wildman–Crippen LogP) is 2.27. The molecule has 2 atom stereocenters. The van der Waals surface area contributed by atoms with E-state index in [1.54, 1.807) is 0 Å². The van der Waals surface area contributed by atoms with E-state index in [-0.39, 0.29) is 5.60 Å². The monoisotopic (exact) mass is 312 g/mol. The number of nitrogens with one attached hydrogen (secondary N) is 1. The Hall–Kier alpha value is -1.85. The van der Waals surface area contributed by atoms with Gasteiger partial charge in [0.25, 0.3) is 0 Å². The summed E-state index contributed by atoms with van der Waals surface area (Å²) >= 11 is 0. The van der Waals surface area contributed by atoms with Gasteiger partial charge in [-0.3, -0.25) is 4.90 Å². The minimum atomic E-state index is 0.0254. The molecular weight excluding hydrogens is 288 g/mol. The minimum absolute atomic E-state index is 0.0254. The van der Waals surface area contributed by atoms with Crippen molar-refractivity contribution in [3.05, 3.63) is 48.5 Å². The first-order chi connectivity index (χ1) is 11.2. The molecule has 2 aromatic rings. The Morgan fingerprint density at radius 3 is 3.00 bits per heavy atom. The van der Waals surface area contributed by atoms with E-state index in [1.807, 2.05) is 18.5 Å². The maximum Gasteiger partial charge on any atom is 0.122 e. The summed E-state index contributed by atoms with van der Waals surface area (Å²) in [5, 5.41) is 3.60. The van der Waals surface area contributed by atoms with Crippen molar-refractivity contribution in [2.75, 3.05) is 25.0 Å². The molecule has 1 N–H and O–H groups in total. The number of likely N-dealkylation sites (tertiary alicyclic amines) is 1. The van der Waals surface area contributed by atoms with Gasteiger partial charge in [0.2, 0.25) is 0 Å². The van der Waals surface area contributed by atoms with Crippen molar-refractivity contribution in [1.82, 2.24) is 14.5 Å². The average molecular weight is 312 g/mol. The summed E-state index contributed by atoms with van der Waals surface area (Å²) < 4.78 is 8.33. The summed E-state index contributed by atoms with van der Waals surface area (Å²) in [6.45, 7) is 3.80. The molecule has 5 heteroatoms. The zero-order valence-corrected chi connectivity index (χ0v) is 13.6. The normalized spacial score (nSPS) is 27.8. The second kappa shape index (κ2) is 5.98. The molecule has 2 aliphatic rings. The number of aryl methyl sites for hydroxylation is 1. The van der Waals surface area contributed by atoms with Crippen molar-refractivity contribution in [3.63, 3.8) is 0 Å². The van der Waals surface area contributed by atoms with E-state index in [0.29, 0.717) is 6.04 Å². The van der Waals surface area contributed by atoms with Crippen molar-refractivity contribution >= 4 is 5.69 Å². The Balaban J connectivity index is 1.35. The van der Waals surface area contributed by atoms with Crippen LogP contribution in [-0.4, -0.2) is 45.8 Å². The molecule has 2 saturated heterocycles. The smallest absolute Gasteiger partial charge is 0.122 e. The summed E-state index contributed by atoms with van der Waals surface area (Å²) in [7, 11) is 2.06. The summed E-state index contributed by atoms with van der Waals surface area (Å²) in [5.74, 6) is 1.12. The van der Waals surface area contributed by atoms with Crippen molar-refractivity contribution in [2.24, 2.45) is 7.05 Å². The highest BCUT2D eigenvalue weighted by atomic mass is 16.5. The van der Waals surface area contributed by atoms with Crippen LogP contribution in [0.3, 0.4) is 0 Å². The Morgan fingerprint density at radius 2 is 2.22 bits per heavy atom. The fourth-order valence-corrected chi connectivity index (χ4v) is 3.80. The zero-order chi connectivity index (χ0) is 15.7. The number of para-hydroxylation sites is 1. The molecule has 1 aromatic carbocycles. The standard InChI is InChI=1S/C18H24N4O/c1-21-10-8-19-17(21)12-22-9-7-18(14-22)11-16(13-23-18)20-15-5-3-2-4-6-15/h2-6,8,10,16,20H,7,9,11-14H2,1H3. The molecule has 5 nitrogen and oxygen atoms in total. The first-order valence-electron chi connectivity index (χ1n) is 8.37. The molecule has 3 heterocycles. The van der Waals surface area contributed by atoms with Crippen LogP contribution in [0.2, 0.25) is 0 Å². The predicted molar refractivity (Wildman–Crippen MR) is 90.3 cm³/mol. The number of ether oxygens (including phenoxy) is 1. The Bertz CT molecular complexity index is 656. The number of rotatable bonds is 4. The molecular formula is C18H24N4O. The fraction of sp³-hybridized carbons (Fsp3) is 0.500. The fourth-order valence-electron chi connectivity index (χ4n) is 3.80. The Morgan fingerprint density at radius 1 is 1.35 bits per heavy atom. The van der Waals surface area contributed by atoms with Crippen molar-refractivity contribution in [2.45, 2.75) is 31.0 Å². The third-order valence-corrected chi connectivity index (χ3v) is 5.04. The lowest BCUT2D eigenvalue weighted by molar-refractivity contribution is 0.0117. The third-order valence-electron chi connectivity index (χ3n) is 5.04. The van der Waals surface area contributed by atoms with E-state index in [1.165, 1.54) is 5.69 Å². The first-order valence-corrected chi connectivity index (χ1v) is 8.37. The molecule has 2 fully saturated rings. The second-order valence-electron chi connectivity index (χ2n) is 6.82. The number of benzene rings is 1. The van der Waals surface area contributed by atoms with Crippen LogP contribution < -0.4 is 5.32 Å². The molecule has 0 saturated carbocycles. The van der Waals surface area contributed by atoms with E-state index in [0.717, 1.165) is 44.9 Å². The SMILES string of the molecule is Cn1ccnc1CN1CCC2(CC(Nc3ccccc3)CO2)C1. The molecule has 2 aliphatic heterocycles. The average Bonchev–Trinajstić information content (AvgIpc) is 3.25. The molecule has 1 aromatic heterocycles. The van der Waals surface area contributed by atoms with Gasteiger partial charge >= 0.3 is 0 Å². The van der Waals surface area contributed by atoms with Gasteiger partial charge in [0.15, 0.2) is 0 Å². The molecule has 122 valence electrons. The quantitative estimate of drug-likeness (QED) is 0.940. The summed E-state index contributed by atoms with van der Waals surface area (Å²) in [4.78, 5) is 6.90. The van der Waals surface area contributed by atoms with Crippen molar-refractivity contribution in [3.8, 4) is 0 Å². The highest BCUT2D eigenvalue weighted by molar-refractivity contribution is 5.43.